The zero-order chi connectivity index (χ0) is 16.6. The maximum Gasteiger partial charge on any atom is 0.245 e. The Kier molecular flexibility index (Phi) is 4.84. The summed E-state index contributed by atoms with van der Waals surface area (Å²) in [6, 6.07) is 2.48. The van der Waals surface area contributed by atoms with Crippen molar-refractivity contribution in [1.82, 2.24) is 4.31 Å². The highest BCUT2D eigenvalue weighted by atomic mass is 32.2. The summed E-state index contributed by atoms with van der Waals surface area (Å²) in [6.45, 7) is 5.73. The highest BCUT2D eigenvalue weighted by molar-refractivity contribution is 7.89. The van der Waals surface area contributed by atoms with Crippen molar-refractivity contribution in [2.75, 3.05) is 13.6 Å². The van der Waals surface area contributed by atoms with Gasteiger partial charge < -0.3 is 0 Å². The molecule has 1 rings (SSSR count). The van der Waals surface area contributed by atoms with Crippen LogP contribution in [0.1, 0.15) is 20.8 Å². The molecular formula is C12H19FN2O4S2. The first-order valence-corrected chi connectivity index (χ1v) is 9.02. The van der Waals surface area contributed by atoms with Crippen LogP contribution in [-0.4, -0.2) is 34.7 Å². The molecule has 0 saturated carbocycles. The molecule has 9 heteroatoms. The van der Waals surface area contributed by atoms with E-state index in [0.29, 0.717) is 6.07 Å². The molecule has 0 aliphatic rings. The SMILES string of the molecule is CN(CC(C)(C)C)S(=O)(=O)c1ccc(S(N)(=O)=O)cc1F. The van der Waals surface area contributed by atoms with Crippen molar-refractivity contribution >= 4 is 20.0 Å². The fourth-order valence-corrected chi connectivity index (χ4v) is 3.75. The number of hydrogen-bond acceptors (Lipinski definition) is 4. The van der Waals surface area contributed by atoms with Gasteiger partial charge in [-0.15, -0.1) is 0 Å². The smallest absolute Gasteiger partial charge is 0.225 e. The predicted octanol–water partition coefficient (Wildman–Crippen LogP) is 1.14. The lowest BCUT2D eigenvalue weighted by Crippen LogP contribution is -2.35. The van der Waals surface area contributed by atoms with Crippen LogP contribution in [0.5, 0.6) is 0 Å². The summed E-state index contributed by atoms with van der Waals surface area (Å²) in [5, 5.41) is 4.87. The molecule has 0 spiro atoms. The normalized spacial score (nSPS) is 13.7. The van der Waals surface area contributed by atoms with Crippen LogP contribution in [-0.2, 0) is 20.0 Å². The molecule has 1 aromatic carbocycles. The number of halogens is 1. The summed E-state index contributed by atoms with van der Waals surface area (Å²) >= 11 is 0. The van der Waals surface area contributed by atoms with Crippen LogP contribution >= 0.6 is 0 Å². The third kappa shape index (κ3) is 4.47. The molecule has 0 aliphatic carbocycles. The Balaban J connectivity index is 3.28. The number of rotatable bonds is 4. The van der Waals surface area contributed by atoms with E-state index in [2.05, 4.69) is 0 Å². The van der Waals surface area contributed by atoms with Crippen molar-refractivity contribution in [3.05, 3.63) is 24.0 Å². The van der Waals surface area contributed by atoms with E-state index in [1.165, 1.54) is 7.05 Å². The van der Waals surface area contributed by atoms with Gasteiger partial charge in [0.05, 0.1) is 4.90 Å². The molecule has 120 valence electrons. The predicted molar refractivity (Wildman–Crippen MR) is 77.0 cm³/mol. The Morgan fingerprint density at radius 1 is 1.19 bits per heavy atom. The van der Waals surface area contributed by atoms with Crippen LogP contribution in [0.2, 0.25) is 0 Å². The topological polar surface area (TPSA) is 97.5 Å². The molecular weight excluding hydrogens is 319 g/mol. The van der Waals surface area contributed by atoms with Gasteiger partial charge in [0.1, 0.15) is 10.7 Å². The van der Waals surface area contributed by atoms with E-state index in [9.17, 15) is 21.2 Å². The van der Waals surface area contributed by atoms with E-state index in [1.807, 2.05) is 20.8 Å². The van der Waals surface area contributed by atoms with Crippen molar-refractivity contribution in [3.8, 4) is 0 Å². The third-order valence-electron chi connectivity index (χ3n) is 2.62. The van der Waals surface area contributed by atoms with Crippen LogP contribution in [0.3, 0.4) is 0 Å². The molecule has 21 heavy (non-hydrogen) atoms. The Labute approximate surface area is 124 Å². The van der Waals surface area contributed by atoms with Crippen molar-refractivity contribution in [1.29, 1.82) is 0 Å². The van der Waals surface area contributed by atoms with Gasteiger partial charge in [0.15, 0.2) is 0 Å². The van der Waals surface area contributed by atoms with Crippen LogP contribution < -0.4 is 5.14 Å². The maximum atomic E-state index is 13.9. The van der Waals surface area contributed by atoms with Gasteiger partial charge in [0, 0.05) is 13.6 Å². The van der Waals surface area contributed by atoms with Gasteiger partial charge in [-0.3, -0.25) is 0 Å². The summed E-state index contributed by atoms with van der Waals surface area (Å²) in [5.74, 6) is -1.15. The number of hydrogen-bond donors (Lipinski definition) is 1. The van der Waals surface area contributed by atoms with E-state index in [-0.39, 0.29) is 12.0 Å². The van der Waals surface area contributed by atoms with Crippen molar-refractivity contribution in [2.45, 2.75) is 30.6 Å². The van der Waals surface area contributed by atoms with Crippen LogP contribution in [0.15, 0.2) is 28.0 Å². The van der Waals surface area contributed by atoms with Gasteiger partial charge in [-0.25, -0.2) is 30.7 Å². The van der Waals surface area contributed by atoms with Gasteiger partial charge >= 0.3 is 0 Å². The van der Waals surface area contributed by atoms with Gasteiger partial charge in [0.25, 0.3) is 0 Å². The number of nitrogens with zero attached hydrogens (tertiary/aromatic N) is 1. The summed E-state index contributed by atoms with van der Waals surface area (Å²) in [6.07, 6.45) is 0. The highest BCUT2D eigenvalue weighted by Crippen LogP contribution is 2.24. The first kappa shape index (κ1) is 18.0. The molecule has 0 saturated heterocycles. The van der Waals surface area contributed by atoms with Crippen molar-refractivity contribution in [3.63, 3.8) is 0 Å². The summed E-state index contributed by atoms with van der Waals surface area (Å²) in [7, 11) is -6.79. The minimum Gasteiger partial charge on any atom is -0.225 e. The number of sulfonamides is 2. The van der Waals surface area contributed by atoms with Gasteiger partial charge in [-0.1, -0.05) is 20.8 Å². The molecule has 0 aliphatic heterocycles. The van der Waals surface area contributed by atoms with E-state index in [1.54, 1.807) is 0 Å². The average Bonchev–Trinajstić information content (AvgIpc) is 2.24. The summed E-state index contributed by atoms with van der Waals surface area (Å²) < 4.78 is 61.8. The van der Waals surface area contributed by atoms with Gasteiger partial charge in [-0.2, -0.15) is 0 Å². The minimum absolute atomic E-state index is 0.186. The molecule has 0 aromatic heterocycles. The lowest BCUT2D eigenvalue weighted by atomic mass is 9.97. The van der Waals surface area contributed by atoms with E-state index in [4.69, 9.17) is 5.14 Å². The fourth-order valence-electron chi connectivity index (χ4n) is 1.79. The molecule has 1 aromatic rings. The quantitative estimate of drug-likeness (QED) is 0.890. The molecule has 0 bridgehead atoms. The largest absolute Gasteiger partial charge is 0.245 e. The number of nitrogens with two attached hydrogens (primary N) is 1. The van der Waals surface area contributed by atoms with E-state index >= 15 is 0 Å². The molecule has 0 fully saturated rings. The first-order valence-electron chi connectivity index (χ1n) is 6.04. The lowest BCUT2D eigenvalue weighted by Gasteiger charge is -2.26. The monoisotopic (exact) mass is 338 g/mol. The maximum absolute atomic E-state index is 13.9. The molecule has 6 nitrogen and oxygen atoms in total. The zero-order valence-electron chi connectivity index (χ0n) is 12.3. The molecule has 0 unspecified atom stereocenters. The number of primary sulfonamides is 1. The Hall–Kier alpha value is -1.03. The Morgan fingerprint density at radius 3 is 2.10 bits per heavy atom. The van der Waals surface area contributed by atoms with Crippen molar-refractivity contribution in [2.24, 2.45) is 10.6 Å². The van der Waals surface area contributed by atoms with Gasteiger partial charge in [-0.05, 0) is 23.6 Å². The van der Waals surface area contributed by atoms with Crippen LogP contribution in [0.25, 0.3) is 0 Å². The molecule has 0 heterocycles. The minimum atomic E-state index is -4.09. The highest BCUT2D eigenvalue weighted by Gasteiger charge is 2.28. The van der Waals surface area contributed by atoms with Crippen molar-refractivity contribution < 1.29 is 21.2 Å². The average molecular weight is 338 g/mol. The molecule has 0 amide bonds. The molecule has 0 atom stereocenters. The van der Waals surface area contributed by atoms with Crippen LogP contribution in [0, 0.1) is 11.2 Å². The van der Waals surface area contributed by atoms with Gasteiger partial charge in [0.2, 0.25) is 20.0 Å². The third-order valence-corrected chi connectivity index (χ3v) is 5.36. The second-order valence-corrected chi connectivity index (χ2v) is 9.53. The standard InChI is InChI=1S/C12H19FN2O4S2/c1-12(2,3)8-15(4)21(18,19)11-6-5-9(7-10(11)13)20(14,16)17/h5-7H,8H2,1-4H3,(H2,14,16,17). The molecule has 0 radical (unpaired) electrons. The summed E-state index contributed by atoms with van der Waals surface area (Å²) in [5.41, 5.74) is -0.307. The lowest BCUT2D eigenvalue weighted by molar-refractivity contribution is 0.310. The fraction of sp³-hybridized carbons (Fsp3) is 0.500. The van der Waals surface area contributed by atoms with Crippen LogP contribution in [0.4, 0.5) is 4.39 Å². The molecule has 2 N–H and O–H groups in total. The first-order chi connectivity index (χ1) is 9.25. The van der Waals surface area contributed by atoms with E-state index < -0.39 is 35.7 Å². The Morgan fingerprint density at radius 2 is 1.71 bits per heavy atom. The second kappa shape index (κ2) is 5.64. The van der Waals surface area contributed by atoms with E-state index in [0.717, 1.165) is 16.4 Å². The Bertz CT molecular complexity index is 737. The zero-order valence-corrected chi connectivity index (χ0v) is 13.9. The second-order valence-electron chi connectivity index (χ2n) is 5.96. The number of benzene rings is 1. The summed E-state index contributed by atoms with van der Waals surface area (Å²) in [4.78, 5) is -1.06.